The van der Waals surface area contributed by atoms with Crippen molar-refractivity contribution in [2.24, 2.45) is 0 Å². The predicted molar refractivity (Wildman–Crippen MR) is 111 cm³/mol. The van der Waals surface area contributed by atoms with Gasteiger partial charge in [0.2, 0.25) is 0 Å². The molecule has 3 aromatic heterocycles. The lowest BCUT2D eigenvalue weighted by molar-refractivity contribution is -0.144. The van der Waals surface area contributed by atoms with Crippen LogP contribution in [-0.4, -0.2) is 37.6 Å². The summed E-state index contributed by atoms with van der Waals surface area (Å²) in [7, 11) is 1.52. The Labute approximate surface area is 180 Å². The van der Waals surface area contributed by atoms with Crippen molar-refractivity contribution in [2.75, 3.05) is 7.11 Å². The van der Waals surface area contributed by atoms with Crippen LogP contribution >= 0.6 is 0 Å². The third kappa shape index (κ3) is 3.86. The highest BCUT2D eigenvalue weighted by molar-refractivity contribution is 5.94. The van der Waals surface area contributed by atoms with Crippen LogP contribution in [0.15, 0.2) is 55.2 Å². The highest BCUT2D eigenvalue weighted by Crippen LogP contribution is 2.45. The van der Waals surface area contributed by atoms with Crippen molar-refractivity contribution in [3.63, 3.8) is 0 Å². The monoisotopic (exact) mass is 441 g/mol. The van der Waals surface area contributed by atoms with Gasteiger partial charge in [0.15, 0.2) is 11.5 Å². The number of aromatic nitrogens is 5. The second kappa shape index (κ2) is 8.29. The molecule has 10 heteroatoms. The Morgan fingerprint density at radius 2 is 1.94 bits per heavy atom. The summed E-state index contributed by atoms with van der Waals surface area (Å²) < 4.78 is 48.2. The molecule has 0 atom stereocenters. The maximum Gasteiger partial charge on any atom is 0.433 e. The van der Waals surface area contributed by atoms with Gasteiger partial charge in [-0.2, -0.15) is 18.3 Å². The number of hydrogen-bond donors (Lipinski definition) is 1. The highest BCUT2D eigenvalue weighted by atomic mass is 19.4. The van der Waals surface area contributed by atoms with Gasteiger partial charge < -0.3 is 9.72 Å². The molecule has 32 heavy (non-hydrogen) atoms. The van der Waals surface area contributed by atoms with Crippen LogP contribution in [0.4, 0.5) is 13.2 Å². The van der Waals surface area contributed by atoms with Gasteiger partial charge in [-0.3, -0.25) is 9.48 Å². The Hall–Kier alpha value is -3.95. The number of nitrogens with zero attached hydrogens (tertiary/aromatic N) is 4. The Kier molecular flexibility index (Phi) is 5.52. The van der Waals surface area contributed by atoms with E-state index in [-0.39, 0.29) is 11.3 Å². The Bertz CT molecular complexity index is 1260. The number of para-hydroxylation sites is 1. The maximum absolute atomic E-state index is 14.0. The summed E-state index contributed by atoms with van der Waals surface area (Å²) in [6.07, 6.45) is 0.804. The third-order valence-electron chi connectivity index (χ3n) is 4.87. The number of aromatic amines is 1. The molecule has 0 aliphatic rings. The molecule has 7 nitrogen and oxygen atoms in total. The lowest BCUT2D eigenvalue weighted by Crippen LogP contribution is -2.18. The fourth-order valence-electron chi connectivity index (χ4n) is 3.62. The highest BCUT2D eigenvalue weighted by Gasteiger charge is 2.40. The van der Waals surface area contributed by atoms with E-state index < -0.39 is 24.2 Å². The van der Waals surface area contributed by atoms with Crippen LogP contribution in [0, 0.1) is 0 Å². The van der Waals surface area contributed by atoms with Crippen molar-refractivity contribution in [1.82, 2.24) is 24.7 Å². The molecule has 0 aliphatic heterocycles. The van der Waals surface area contributed by atoms with Crippen LogP contribution in [0.25, 0.3) is 33.6 Å². The molecule has 0 fully saturated rings. The fraction of sp³-hybridized carbons (Fsp3) is 0.182. The van der Waals surface area contributed by atoms with E-state index in [1.807, 2.05) is 0 Å². The van der Waals surface area contributed by atoms with Crippen molar-refractivity contribution in [3.05, 3.63) is 60.9 Å². The van der Waals surface area contributed by atoms with Crippen LogP contribution in [0.2, 0.25) is 0 Å². The largest absolute Gasteiger partial charge is 0.496 e. The second-order valence-electron chi connectivity index (χ2n) is 7.01. The zero-order valence-electron chi connectivity index (χ0n) is 17.1. The summed E-state index contributed by atoms with van der Waals surface area (Å²) in [6.45, 7) is 0.722. The molecule has 1 aromatic carbocycles. The molecule has 4 rings (SSSR count). The zero-order valence-corrected chi connectivity index (χ0v) is 17.1. The molecule has 3 heterocycles. The molecule has 164 valence electrons. The Balaban J connectivity index is 2.01. The average Bonchev–Trinajstić information content (AvgIpc) is 3.38. The predicted octanol–water partition coefficient (Wildman–Crippen LogP) is 4.62. The molecule has 0 spiro atoms. The van der Waals surface area contributed by atoms with Gasteiger partial charge in [0.25, 0.3) is 0 Å². The number of H-pyrrole nitrogens is 1. The quantitative estimate of drug-likeness (QED) is 0.472. The minimum Gasteiger partial charge on any atom is -0.496 e. The van der Waals surface area contributed by atoms with Crippen LogP contribution in [-0.2, 0) is 17.5 Å². The smallest absolute Gasteiger partial charge is 0.433 e. The van der Waals surface area contributed by atoms with E-state index >= 15 is 0 Å². The van der Waals surface area contributed by atoms with E-state index in [9.17, 15) is 18.0 Å². The average molecular weight is 441 g/mol. The summed E-state index contributed by atoms with van der Waals surface area (Å²) in [6, 6.07) is 8.78. The van der Waals surface area contributed by atoms with Crippen molar-refractivity contribution in [3.8, 4) is 39.4 Å². The number of nitrogens with one attached hydrogen (secondary N) is 1. The van der Waals surface area contributed by atoms with Crippen molar-refractivity contribution < 1.29 is 22.7 Å². The zero-order chi connectivity index (χ0) is 22.9. The van der Waals surface area contributed by atoms with Crippen molar-refractivity contribution >= 4 is 5.78 Å². The number of alkyl halides is 3. The number of hydrogen-bond acceptors (Lipinski definition) is 5. The SMILES string of the molecule is COc1ccccc1-c1c[nH]c(-c2cnn(CC(C)=O)c2C(F)(F)F)c1-c1ccncn1. The summed E-state index contributed by atoms with van der Waals surface area (Å²) in [5.41, 5.74) is 1.10. The van der Waals surface area contributed by atoms with E-state index in [2.05, 4.69) is 20.1 Å². The van der Waals surface area contributed by atoms with Crippen LogP contribution in [0.5, 0.6) is 5.75 Å². The minimum absolute atomic E-state index is 0.173. The van der Waals surface area contributed by atoms with Gasteiger partial charge in [0.1, 0.15) is 12.1 Å². The Morgan fingerprint density at radius 1 is 1.16 bits per heavy atom. The lowest BCUT2D eigenvalue weighted by atomic mass is 9.97. The summed E-state index contributed by atoms with van der Waals surface area (Å²) >= 11 is 0. The molecule has 0 amide bonds. The van der Waals surface area contributed by atoms with Gasteiger partial charge in [-0.05, 0) is 19.1 Å². The van der Waals surface area contributed by atoms with Gasteiger partial charge in [-0.15, -0.1) is 0 Å². The lowest BCUT2D eigenvalue weighted by Gasteiger charge is -2.13. The number of ether oxygens (including phenoxy) is 1. The van der Waals surface area contributed by atoms with Crippen LogP contribution < -0.4 is 4.74 Å². The van der Waals surface area contributed by atoms with Gasteiger partial charge in [0, 0.05) is 34.6 Å². The molecule has 1 N–H and O–H groups in total. The molecule has 0 aliphatic carbocycles. The molecular formula is C22H18F3N5O2. The minimum atomic E-state index is -4.74. The number of benzene rings is 1. The van der Waals surface area contributed by atoms with Crippen LogP contribution in [0.1, 0.15) is 12.6 Å². The summed E-state index contributed by atoms with van der Waals surface area (Å²) in [4.78, 5) is 22.7. The standard InChI is InChI=1S/C22H18F3N5O2/c1-13(31)11-30-21(22(23,24)25)16(10-29-30)20-19(17-7-8-26-12-28-17)15(9-27-20)14-5-3-4-6-18(14)32-2/h3-10,12,27H,11H2,1-2H3. The second-order valence-corrected chi connectivity index (χ2v) is 7.01. The number of rotatable bonds is 6. The van der Waals surface area contributed by atoms with E-state index in [1.54, 1.807) is 36.5 Å². The van der Waals surface area contributed by atoms with Crippen molar-refractivity contribution in [2.45, 2.75) is 19.6 Å². The Morgan fingerprint density at radius 3 is 2.59 bits per heavy atom. The number of methoxy groups -OCH3 is 1. The molecular weight excluding hydrogens is 423 g/mol. The molecule has 0 radical (unpaired) electrons. The van der Waals surface area contributed by atoms with Gasteiger partial charge >= 0.3 is 6.18 Å². The van der Waals surface area contributed by atoms with Crippen molar-refractivity contribution in [1.29, 1.82) is 0 Å². The van der Waals surface area contributed by atoms with Gasteiger partial charge in [0.05, 0.1) is 31.2 Å². The maximum atomic E-state index is 14.0. The normalized spacial score (nSPS) is 11.5. The molecule has 0 bridgehead atoms. The summed E-state index contributed by atoms with van der Waals surface area (Å²) in [5.74, 6) is 0.110. The van der Waals surface area contributed by atoms with E-state index in [0.717, 1.165) is 6.20 Å². The fourth-order valence-corrected chi connectivity index (χ4v) is 3.62. The molecule has 0 saturated carbocycles. The van der Waals surface area contributed by atoms with E-state index in [0.29, 0.717) is 32.8 Å². The number of ketones is 1. The molecule has 0 unspecified atom stereocenters. The van der Waals surface area contributed by atoms with E-state index in [4.69, 9.17) is 4.74 Å². The molecule has 4 aromatic rings. The van der Waals surface area contributed by atoms with E-state index in [1.165, 1.54) is 26.6 Å². The first-order valence-electron chi connectivity index (χ1n) is 9.55. The topological polar surface area (TPSA) is 85.7 Å². The first kappa shape index (κ1) is 21.3. The number of carbonyl (C=O) groups is 1. The first-order chi connectivity index (χ1) is 15.3. The van der Waals surface area contributed by atoms with Gasteiger partial charge in [-0.25, -0.2) is 9.97 Å². The number of halogens is 3. The number of carbonyl (C=O) groups excluding carboxylic acids is 1. The molecule has 0 saturated heterocycles. The number of Topliss-reactive ketones (excluding diaryl/α,β-unsaturated/α-hetero) is 1. The first-order valence-corrected chi connectivity index (χ1v) is 9.55. The summed E-state index contributed by atoms with van der Waals surface area (Å²) in [5, 5.41) is 3.85. The van der Waals surface area contributed by atoms with Crippen LogP contribution in [0.3, 0.4) is 0 Å². The van der Waals surface area contributed by atoms with Gasteiger partial charge in [-0.1, -0.05) is 18.2 Å². The third-order valence-corrected chi connectivity index (χ3v) is 4.87.